The van der Waals surface area contributed by atoms with Crippen LogP contribution in [-0.2, 0) is 17.8 Å². The van der Waals surface area contributed by atoms with Crippen LogP contribution in [-0.4, -0.2) is 28.1 Å². The number of benzene rings is 1. The van der Waals surface area contributed by atoms with E-state index in [0.717, 1.165) is 23.4 Å². The highest BCUT2D eigenvalue weighted by atomic mass is 16.5. The first-order chi connectivity index (χ1) is 11.5. The monoisotopic (exact) mass is 327 g/mol. The van der Waals surface area contributed by atoms with Gasteiger partial charge in [-0.3, -0.25) is 9.36 Å². The zero-order chi connectivity index (χ0) is 17.1. The Bertz CT molecular complexity index is 813. The van der Waals surface area contributed by atoms with Gasteiger partial charge in [0.15, 0.2) is 6.10 Å². The van der Waals surface area contributed by atoms with Gasteiger partial charge in [0.25, 0.3) is 5.91 Å². The highest BCUT2D eigenvalue weighted by Crippen LogP contribution is 2.26. The SMILES string of the molecule is Cc1cc(C)n(CCNC(=O)[C@@H]2CCc3ccccc3O2)c(=O)n1. The summed E-state index contributed by atoms with van der Waals surface area (Å²) in [6, 6.07) is 9.63. The minimum absolute atomic E-state index is 0.143. The summed E-state index contributed by atoms with van der Waals surface area (Å²) < 4.78 is 7.33. The Balaban J connectivity index is 1.56. The first kappa shape index (κ1) is 16.2. The van der Waals surface area contributed by atoms with Crippen molar-refractivity contribution in [1.29, 1.82) is 0 Å². The van der Waals surface area contributed by atoms with Gasteiger partial charge < -0.3 is 10.1 Å². The molecule has 126 valence electrons. The van der Waals surface area contributed by atoms with E-state index in [-0.39, 0.29) is 11.6 Å². The lowest BCUT2D eigenvalue weighted by molar-refractivity contribution is -0.128. The molecule has 1 atom stereocenters. The van der Waals surface area contributed by atoms with E-state index >= 15 is 0 Å². The van der Waals surface area contributed by atoms with E-state index in [1.165, 1.54) is 0 Å². The molecule has 0 fully saturated rings. The van der Waals surface area contributed by atoms with E-state index in [9.17, 15) is 9.59 Å². The third kappa shape index (κ3) is 3.48. The third-order valence-electron chi connectivity index (χ3n) is 4.19. The molecule has 1 N–H and O–H groups in total. The molecule has 0 radical (unpaired) electrons. The van der Waals surface area contributed by atoms with Gasteiger partial charge in [-0.25, -0.2) is 4.79 Å². The van der Waals surface area contributed by atoms with Gasteiger partial charge in [0.1, 0.15) is 5.75 Å². The zero-order valence-corrected chi connectivity index (χ0v) is 13.9. The Morgan fingerprint density at radius 2 is 2.17 bits per heavy atom. The van der Waals surface area contributed by atoms with Crippen LogP contribution in [0.3, 0.4) is 0 Å². The molecule has 2 aromatic rings. The summed E-state index contributed by atoms with van der Waals surface area (Å²) in [5, 5.41) is 2.85. The average molecular weight is 327 g/mol. The number of hydrogen-bond acceptors (Lipinski definition) is 4. The van der Waals surface area contributed by atoms with Gasteiger partial charge in [-0.15, -0.1) is 0 Å². The third-order valence-corrected chi connectivity index (χ3v) is 4.19. The number of para-hydroxylation sites is 1. The molecule has 0 bridgehead atoms. The van der Waals surface area contributed by atoms with Gasteiger partial charge >= 0.3 is 5.69 Å². The summed E-state index contributed by atoms with van der Waals surface area (Å²) in [7, 11) is 0. The van der Waals surface area contributed by atoms with Crippen molar-refractivity contribution >= 4 is 5.91 Å². The van der Waals surface area contributed by atoms with Crippen LogP contribution in [0, 0.1) is 13.8 Å². The summed E-state index contributed by atoms with van der Waals surface area (Å²) in [6.07, 6.45) is 1.01. The number of carbonyl (C=O) groups excluding carboxylic acids is 1. The predicted octanol–water partition coefficient (Wildman–Crippen LogP) is 1.37. The number of nitrogens with one attached hydrogen (secondary N) is 1. The molecule has 0 aliphatic carbocycles. The minimum Gasteiger partial charge on any atom is -0.480 e. The van der Waals surface area contributed by atoms with Crippen LogP contribution in [0.4, 0.5) is 0 Å². The van der Waals surface area contributed by atoms with Crippen molar-refractivity contribution in [2.45, 2.75) is 39.3 Å². The lowest BCUT2D eigenvalue weighted by Gasteiger charge is -2.25. The average Bonchev–Trinajstić information content (AvgIpc) is 2.56. The Morgan fingerprint density at radius 1 is 1.38 bits per heavy atom. The molecule has 1 amide bonds. The van der Waals surface area contributed by atoms with Crippen molar-refractivity contribution in [3.05, 3.63) is 57.8 Å². The van der Waals surface area contributed by atoms with Crippen molar-refractivity contribution in [3.63, 3.8) is 0 Å². The number of carbonyl (C=O) groups is 1. The van der Waals surface area contributed by atoms with Crippen LogP contribution in [0.15, 0.2) is 35.1 Å². The van der Waals surface area contributed by atoms with Crippen LogP contribution in [0.2, 0.25) is 0 Å². The largest absolute Gasteiger partial charge is 0.480 e. The van der Waals surface area contributed by atoms with Gasteiger partial charge in [-0.05, 0) is 44.4 Å². The Hall–Kier alpha value is -2.63. The number of aryl methyl sites for hydroxylation is 3. The summed E-state index contributed by atoms with van der Waals surface area (Å²) in [4.78, 5) is 28.1. The van der Waals surface area contributed by atoms with Crippen molar-refractivity contribution in [2.24, 2.45) is 0 Å². The Morgan fingerprint density at radius 3 is 2.96 bits per heavy atom. The van der Waals surface area contributed by atoms with Gasteiger partial charge in [0.05, 0.1) is 0 Å². The van der Waals surface area contributed by atoms with E-state index in [1.54, 1.807) is 11.5 Å². The number of hydrogen-bond donors (Lipinski definition) is 1. The molecule has 1 aromatic carbocycles. The molecule has 1 aliphatic rings. The van der Waals surface area contributed by atoms with Gasteiger partial charge in [-0.1, -0.05) is 18.2 Å². The molecule has 0 spiro atoms. The summed E-state index contributed by atoms with van der Waals surface area (Å²) >= 11 is 0. The van der Waals surface area contributed by atoms with E-state index in [2.05, 4.69) is 10.3 Å². The lowest BCUT2D eigenvalue weighted by Crippen LogP contribution is -2.42. The number of nitrogens with zero attached hydrogens (tertiary/aromatic N) is 2. The topological polar surface area (TPSA) is 73.2 Å². The zero-order valence-electron chi connectivity index (χ0n) is 13.9. The fourth-order valence-corrected chi connectivity index (χ4v) is 2.96. The van der Waals surface area contributed by atoms with Gasteiger partial charge in [0, 0.05) is 24.5 Å². The predicted molar refractivity (Wildman–Crippen MR) is 90.2 cm³/mol. The van der Waals surface area contributed by atoms with Crippen LogP contribution >= 0.6 is 0 Å². The number of fused-ring (bicyclic) bond motifs is 1. The van der Waals surface area contributed by atoms with Crippen LogP contribution in [0.1, 0.15) is 23.4 Å². The highest BCUT2D eigenvalue weighted by molar-refractivity contribution is 5.81. The van der Waals surface area contributed by atoms with Crippen molar-refractivity contribution in [3.8, 4) is 5.75 Å². The molecule has 1 aliphatic heterocycles. The minimum atomic E-state index is -0.478. The molecule has 0 saturated carbocycles. The maximum absolute atomic E-state index is 12.3. The molecule has 6 heteroatoms. The number of aromatic nitrogens is 2. The molecule has 2 heterocycles. The van der Waals surface area contributed by atoms with Crippen molar-refractivity contribution in [1.82, 2.24) is 14.9 Å². The standard InChI is InChI=1S/C18H21N3O3/c1-12-11-13(2)21(18(23)20-12)10-9-19-17(22)16-8-7-14-5-3-4-6-15(14)24-16/h3-6,11,16H,7-10H2,1-2H3,(H,19,22)/t16-/m0/s1. The molecular formula is C18H21N3O3. The molecule has 0 unspecified atom stereocenters. The summed E-state index contributed by atoms with van der Waals surface area (Å²) in [6.45, 7) is 4.41. The second-order valence-electron chi connectivity index (χ2n) is 6.02. The summed E-state index contributed by atoms with van der Waals surface area (Å²) in [5.41, 5.74) is 2.38. The van der Waals surface area contributed by atoms with E-state index < -0.39 is 6.10 Å². The normalized spacial score (nSPS) is 16.2. The van der Waals surface area contributed by atoms with Crippen LogP contribution in [0.25, 0.3) is 0 Å². The number of rotatable bonds is 4. The second kappa shape index (κ2) is 6.86. The van der Waals surface area contributed by atoms with Crippen molar-refractivity contribution in [2.75, 3.05) is 6.54 Å². The fraction of sp³-hybridized carbons (Fsp3) is 0.389. The number of ether oxygens (including phenoxy) is 1. The first-order valence-electron chi connectivity index (χ1n) is 8.12. The molecular weight excluding hydrogens is 306 g/mol. The first-order valence-corrected chi connectivity index (χ1v) is 8.12. The quantitative estimate of drug-likeness (QED) is 0.920. The maximum atomic E-state index is 12.3. The molecule has 3 rings (SSSR count). The molecule has 0 saturated heterocycles. The highest BCUT2D eigenvalue weighted by Gasteiger charge is 2.25. The fourth-order valence-electron chi connectivity index (χ4n) is 2.96. The van der Waals surface area contributed by atoms with E-state index in [1.807, 2.05) is 37.3 Å². The smallest absolute Gasteiger partial charge is 0.348 e. The maximum Gasteiger partial charge on any atom is 0.348 e. The summed E-state index contributed by atoms with van der Waals surface area (Å²) in [5.74, 6) is 0.633. The van der Waals surface area contributed by atoms with Crippen molar-refractivity contribution < 1.29 is 9.53 Å². The van der Waals surface area contributed by atoms with E-state index in [4.69, 9.17) is 4.74 Å². The van der Waals surface area contributed by atoms with Crippen LogP contribution < -0.4 is 15.7 Å². The molecule has 1 aromatic heterocycles. The number of amides is 1. The van der Waals surface area contributed by atoms with E-state index in [0.29, 0.717) is 25.2 Å². The van der Waals surface area contributed by atoms with Gasteiger partial charge in [0.2, 0.25) is 0 Å². The molecule has 6 nitrogen and oxygen atoms in total. The Kier molecular flexibility index (Phi) is 4.64. The van der Waals surface area contributed by atoms with Gasteiger partial charge in [-0.2, -0.15) is 4.98 Å². The molecule has 24 heavy (non-hydrogen) atoms. The second-order valence-corrected chi connectivity index (χ2v) is 6.02. The van der Waals surface area contributed by atoms with Crippen LogP contribution in [0.5, 0.6) is 5.75 Å². The Labute approximate surface area is 140 Å². The lowest BCUT2D eigenvalue weighted by atomic mass is 10.0.